The van der Waals surface area contributed by atoms with Gasteiger partial charge in [0.15, 0.2) is 0 Å². The summed E-state index contributed by atoms with van der Waals surface area (Å²) in [6, 6.07) is 0. The van der Waals surface area contributed by atoms with Crippen molar-refractivity contribution in [2.24, 2.45) is 5.41 Å². The van der Waals surface area contributed by atoms with Gasteiger partial charge in [-0.2, -0.15) is 0 Å². The second kappa shape index (κ2) is 6.05. The van der Waals surface area contributed by atoms with E-state index in [9.17, 15) is 9.90 Å². The van der Waals surface area contributed by atoms with Crippen LogP contribution in [0.5, 0.6) is 0 Å². The van der Waals surface area contributed by atoms with Crippen LogP contribution in [0.3, 0.4) is 0 Å². The van der Waals surface area contributed by atoms with Gasteiger partial charge in [0.25, 0.3) is 0 Å². The van der Waals surface area contributed by atoms with Crippen LogP contribution in [0.4, 0.5) is 0 Å². The smallest absolute Gasteiger partial charge is 0.323 e. The molecule has 0 aromatic rings. The molecule has 0 bridgehead atoms. The van der Waals surface area contributed by atoms with Crippen LogP contribution in [0.25, 0.3) is 0 Å². The Morgan fingerprint density at radius 3 is 1.89 bits per heavy atom. The summed E-state index contributed by atoms with van der Waals surface area (Å²) in [5.74, 6) is -0.659. The molecule has 0 radical (unpaired) electrons. The number of hydrogen-bond acceptors (Lipinski definition) is 2. The molecule has 1 aliphatic rings. The highest BCUT2D eigenvalue weighted by Crippen LogP contribution is 2.31. The van der Waals surface area contributed by atoms with Crippen LogP contribution < -0.4 is 0 Å². The molecular weight excluding hydrogens is 226 g/mol. The van der Waals surface area contributed by atoms with Crippen LogP contribution in [-0.4, -0.2) is 34.6 Å². The Hall–Kier alpha value is -0.570. The lowest BCUT2D eigenvalue weighted by Crippen LogP contribution is -2.53. The van der Waals surface area contributed by atoms with Crippen LogP contribution in [0.15, 0.2) is 0 Å². The van der Waals surface area contributed by atoms with Crippen molar-refractivity contribution in [3.05, 3.63) is 0 Å². The zero-order valence-electron chi connectivity index (χ0n) is 12.5. The van der Waals surface area contributed by atoms with E-state index in [2.05, 4.69) is 25.7 Å². The highest BCUT2D eigenvalue weighted by molar-refractivity contribution is 5.78. The zero-order valence-corrected chi connectivity index (χ0v) is 12.5. The summed E-state index contributed by atoms with van der Waals surface area (Å²) < 4.78 is 0. The average molecular weight is 255 g/mol. The van der Waals surface area contributed by atoms with Crippen molar-refractivity contribution in [3.8, 4) is 0 Å². The summed E-state index contributed by atoms with van der Waals surface area (Å²) in [5.41, 5.74) is -0.486. The van der Waals surface area contributed by atoms with Crippen molar-refractivity contribution in [1.29, 1.82) is 0 Å². The zero-order chi connectivity index (χ0) is 13.8. The summed E-state index contributed by atoms with van der Waals surface area (Å²) in [6.07, 6.45) is 6.45. The highest BCUT2D eigenvalue weighted by Gasteiger charge is 2.39. The fourth-order valence-electron chi connectivity index (χ4n) is 2.58. The number of likely N-dealkylation sites (tertiary alicyclic amines) is 1. The predicted molar refractivity (Wildman–Crippen MR) is 74.8 cm³/mol. The van der Waals surface area contributed by atoms with Crippen molar-refractivity contribution in [2.75, 3.05) is 13.1 Å². The molecule has 0 aromatic heterocycles. The molecule has 1 N–H and O–H groups in total. The van der Waals surface area contributed by atoms with Crippen LogP contribution in [0.2, 0.25) is 0 Å². The van der Waals surface area contributed by atoms with Gasteiger partial charge in [0, 0.05) is 0 Å². The molecule has 0 aliphatic carbocycles. The molecule has 1 heterocycles. The van der Waals surface area contributed by atoms with Gasteiger partial charge in [-0.1, -0.05) is 33.6 Å². The third-order valence-electron chi connectivity index (χ3n) is 4.13. The molecule has 0 aromatic carbocycles. The summed E-state index contributed by atoms with van der Waals surface area (Å²) >= 11 is 0. The summed E-state index contributed by atoms with van der Waals surface area (Å²) in [4.78, 5) is 13.9. The van der Waals surface area contributed by atoms with E-state index in [0.29, 0.717) is 0 Å². The van der Waals surface area contributed by atoms with E-state index in [-0.39, 0.29) is 5.41 Å². The summed E-state index contributed by atoms with van der Waals surface area (Å²) in [6.45, 7) is 10.3. The topological polar surface area (TPSA) is 40.5 Å². The van der Waals surface area contributed by atoms with E-state index < -0.39 is 11.5 Å². The van der Waals surface area contributed by atoms with Crippen molar-refractivity contribution >= 4 is 5.97 Å². The molecule has 0 spiro atoms. The molecule has 106 valence electrons. The van der Waals surface area contributed by atoms with E-state index in [4.69, 9.17) is 0 Å². The number of nitrogens with zero attached hydrogens (tertiary/aromatic N) is 1. The number of carbonyl (C=O) groups is 1. The fraction of sp³-hybridized carbons (Fsp3) is 0.933. The van der Waals surface area contributed by atoms with Crippen molar-refractivity contribution in [2.45, 2.75) is 71.8 Å². The number of carboxylic acid groups (broad SMARTS) is 1. The van der Waals surface area contributed by atoms with E-state index in [1.807, 2.05) is 6.92 Å². The lowest BCUT2D eigenvalue weighted by Gasteiger charge is -2.39. The predicted octanol–water partition coefficient (Wildman–Crippen LogP) is 3.53. The standard InChI is InChI=1S/C15H29NO2/c1-14(2,3)9-10-15(4,13(17)18)16-11-7-5-6-8-12-16/h5-12H2,1-4H3,(H,17,18). The van der Waals surface area contributed by atoms with E-state index in [1.54, 1.807) is 0 Å². The minimum absolute atomic E-state index is 0.197. The minimum atomic E-state index is -0.683. The minimum Gasteiger partial charge on any atom is -0.480 e. The number of hydrogen-bond donors (Lipinski definition) is 1. The van der Waals surface area contributed by atoms with Crippen molar-refractivity contribution < 1.29 is 9.90 Å². The molecule has 0 amide bonds. The Kier molecular flexibility index (Phi) is 5.20. The van der Waals surface area contributed by atoms with Crippen molar-refractivity contribution in [3.63, 3.8) is 0 Å². The second-order valence-electron chi connectivity index (χ2n) is 7.04. The third-order valence-corrected chi connectivity index (χ3v) is 4.13. The molecule has 1 unspecified atom stereocenters. The van der Waals surface area contributed by atoms with Crippen LogP contribution in [0, 0.1) is 5.41 Å². The first-order valence-electron chi connectivity index (χ1n) is 7.24. The van der Waals surface area contributed by atoms with Gasteiger partial charge in [-0.25, -0.2) is 0 Å². The molecule has 1 fully saturated rings. The number of aliphatic carboxylic acids is 1. The molecule has 1 aliphatic heterocycles. The largest absolute Gasteiger partial charge is 0.480 e. The van der Waals surface area contributed by atoms with Gasteiger partial charge in [-0.3, -0.25) is 9.69 Å². The molecule has 3 nitrogen and oxygen atoms in total. The van der Waals surface area contributed by atoms with Crippen molar-refractivity contribution in [1.82, 2.24) is 4.90 Å². The van der Waals surface area contributed by atoms with Gasteiger partial charge < -0.3 is 5.11 Å². The van der Waals surface area contributed by atoms with Gasteiger partial charge in [-0.15, -0.1) is 0 Å². The maximum absolute atomic E-state index is 11.7. The lowest BCUT2D eigenvalue weighted by molar-refractivity contribution is -0.151. The monoisotopic (exact) mass is 255 g/mol. The summed E-state index contributed by atoms with van der Waals surface area (Å²) in [7, 11) is 0. The normalized spacial score (nSPS) is 22.2. The lowest BCUT2D eigenvalue weighted by atomic mass is 9.83. The van der Waals surface area contributed by atoms with Crippen LogP contribution in [-0.2, 0) is 4.79 Å². The maximum Gasteiger partial charge on any atom is 0.323 e. The molecular formula is C15H29NO2. The summed E-state index contributed by atoms with van der Waals surface area (Å²) in [5, 5.41) is 9.63. The number of rotatable bonds is 4. The Balaban J connectivity index is 2.74. The molecule has 3 heteroatoms. The molecule has 0 saturated carbocycles. The first-order chi connectivity index (χ1) is 8.26. The van der Waals surface area contributed by atoms with E-state index in [1.165, 1.54) is 12.8 Å². The van der Waals surface area contributed by atoms with Crippen LogP contribution >= 0.6 is 0 Å². The first-order valence-corrected chi connectivity index (χ1v) is 7.24. The first kappa shape index (κ1) is 15.5. The van der Waals surface area contributed by atoms with E-state index in [0.717, 1.165) is 38.8 Å². The van der Waals surface area contributed by atoms with E-state index >= 15 is 0 Å². The maximum atomic E-state index is 11.7. The molecule has 18 heavy (non-hydrogen) atoms. The average Bonchev–Trinajstić information content (AvgIpc) is 2.53. The molecule has 1 saturated heterocycles. The third kappa shape index (κ3) is 4.27. The number of carboxylic acids is 1. The van der Waals surface area contributed by atoms with Gasteiger partial charge >= 0.3 is 5.97 Å². The Morgan fingerprint density at radius 1 is 1.00 bits per heavy atom. The Morgan fingerprint density at radius 2 is 1.50 bits per heavy atom. The molecule has 1 atom stereocenters. The van der Waals surface area contributed by atoms with Gasteiger partial charge in [0.2, 0.25) is 0 Å². The van der Waals surface area contributed by atoms with Gasteiger partial charge in [-0.05, 0) is 51.1 Å². The fourth-order valence-corrected chi connectivity index (χ4v) is 2.58. The Bertz CT molecular complexity index is 275. The molecule has 1 rings (SSSR count). The quantitative estimate of drug-likeness (QED) is 0.835. The van der Waals surface area contributed by atoms with Gasteiger partial charge in [0.05, 0.1) is 0 Å². The Labute approximate surface area is 112 Å². The second-order valence-corrected chi connectivity index (χ2v) is 7.04. The SMILES string of the molecule is CC(C)(C)CCC(C)(C(=O)O)N1CCCCCC1. The highest BCUT2D eigenvalue weighted by atomic mass is 16.4. The van der Waals surface area contributed by atoms with Crippen LogP contribution in [0.1, 0.15) is 66.2 Å². The van der Waals surface area contributed by atoms with Gasteiger partial charge in [0.1, 0.15) is 5.54 Å².